The minimum atomic E-state index is -0.986. The molecule has 4 rings (SSSR count). The number of aliphatic hydroxyl groups is 1. The van der Waals surface area contributed by atoms with Gasteiger partial charge in [-0.1, -0.05) is 109 Å². The highest BCUT2D eigenvalue weighted by molar-refractivity contribution is 5.92. The van der Waals surface area contributed by atoms with Crippen molar-refractivity contribution in [1.82, 2.24) is 30.9 Å². The molecule has 1 aliphatic carbocycles. The van der Waals surface area contributed by atoms with Gasteiger partial charge in [0.25, 0.3) is 0 Å². The fourth-order valence-corrected chi connectivity index (χ4v) is 7.15. The number of aromatic amines is 1. The number of hydrogen-bond acceptors (Lipinski definition) is 7. The lowest BCUT2D eigenvalue weighted by Crippen LogP contribution is -2.55. The Hall–Kier alpha value is -4.64. The fourth-order valence-electron chi connectivity index (χ4n) is 7.15. The van der Waals surface area contributed by atoms with Crippen LogP contribution in [0.15, 0.2) is 79.4 Å². The Labute approximate surface area is 327 Å². The summed E-state index contributed by atoms with van der Waals surface area (Å²) in [7, 11) is 0. The zero-order valence-corrected chi connectivity index (χ0v) is 33.3. The molecule has 5 N–H and O–H groups in total. The van der Waals surface area contributed by atoms with E-state index in [4.69, 9.17) is 0 Å². The highest BCUT2D eigenvalue weighted by Crippen LogP contribution is 2.30. The Balaban J connectivity index is 1.52. The molecule has 0 unspecified atom stereocenters. The molecule has 298 valence electrons. The van der Waals surface area contributed by atoms with Gasteiger partial charge in [0.1, 0.15) is 11.8 Å². The molecule has 5 atom stereocenters. The SMILES string of the molecule is CC(C)[C@@H](/C=C/C(=O)NCc1ccccn1)C[C@H](O)[C@H](CC1CCCCC1)NC(=O)[C@H](Cc1cnc[nH]1)NC(=O)[C@@H](CC(=O)C(C)(C)C)Cc1ccccc1. The average Bonchev–Trinajstić information content (AvgIpc) is 3.68. The highest BCUT2D eigenvalue weighted by atomic mass is 16.3. The number of amides is 3. The molecule has 55 heavy (non-hydrogen) atoms. The van der Waals surface area contributed by atoms with Crippen molar-refractivity contribution in [1.29, 1.82) is 0 Å². The van der Waals surface area contributed by atoms with Gasteiger partial charge in [0.15, 0.2) is 0 Å². The van der Waals surface area contributed by atoms with Gasteiger partial charge in [-0.15, -0.1) is 0 Å². The molecule has 1 aromatic carbocycles. The zero-order valence-electron chi connectivity index (χ0n) is 33.3. The van der Waals surface area contributed by atoms with Crippen LogP contribution in [0.2, 0.25) is 0 Å². The number of aliphatic hydroxyl groups excluding tert-OH is 1. The summed E-state index contributed by atoms with van der Waals surface area (Å²) in [5.74, 6) is -1.43. The van der Waals surface area contributed by atoms with Gasteiger partial charge in [-0.3, -0.25) is 24.2 Å². The molecule has 1 aliphatic rings. The number of hydrogen-bond donors (Lipinski definition) is 5. The van der Waals surface area contributed by atoms with Crippen molar-refractivity contribution >= 4 is 23.5 Å². The second-order valence-corrected chi connectivity index (χ2v) is 16.6. The number of imidazole rings is 1. The van der Waals surface area contributed by atoms with E-state index in [1.807, 2.05) is 75.4 Å². The van der Waals surface area contributed by atoms with Crippen molar-refractivity contribution in [2.24, 2.45) is 29.1 Å². The van der Waals surface area contributed by atoms with Gasteiger partial charge >= 0.3 is 0 Å². The van der Waals surface area contributed by atoms with Crippen molar-refractivity contribution in [3.05, 3.63) is 96.4 Å². The van der Waals surface area contributed by atoms with E-state index >= 15 is 0 Å². The monoisotopic (exact) mass is 754 g/mol. The molecule has 0 aliphatic heterocycles. The summed E-state index contributed by atoms with van der Waals surface area (Å²) in [5.41, 5.74) is 1.72. The Morgan fingerprint density at radius 1 is 0.945 bits per heavy atom. The van der Waals surface area contributed by atoms with Crippen LogP contribution in [0.3, 0.4) is 0 Å². The van der Waals surface area contributed by atoms with E-state index in [-0.39, 0.29) is 42.3 Å². The molecular weight excluding hydrogens is 693 g/mol. The first kappa shape index (κ1) is 43.1. The third-order valence-electron chi connectivity index (χ3n) is 10.7. The Morgan fingerprint density at radius 2 is 1.67 bits per heavy atom. The van der Waals surface area contributed by atoms with E-state index < -0.39 is 35.4 Å². The largest absolute Gasteiger partial charge is 0.391 e. The lowest BCUT2D eigenvalue weighted by molar-refractivity contribution is -0.135. The molecule has 3 amide bonds. The summed E-state index contributed by atoms with van der Waals surface area (Å²) in [6.07, 6.45) is 14.2. The number of nitrogens with one attached hydrogen (secondary N) is 4. The zero-order chi connectivity index (χ0) is 39.8. The third kappa shape index (κ3) is 14.8. The van der Waals surface area contributed by atoms with E-state index in [9.17, 15) is 24.3 Å². The summed E-state index contributed by atoms with van der Waals surface area (Å²) in [5, 5.41) is 20.9. The quantitative estimate of drug-likeness (QED) is 0.0877. The lowest BCUT2D eigenvalue weighted by atomic mass is 9.81. The van der Waals surface area contributed by atoms with Crippen LogP contribution < -0.4 is 16.0 Å². The highest BCUT2D eigenvalue weighted by Gasteiger charge is 2.34. The maximum Gasteiger partial charge on any atom is 0.243 e. The molecule has 2 aromatic heterocycles. The molecule has 0 spiro atoms. The van der Waals surface area contributed by atoms with Gasteiger partial charge in [0.2, 0.25) is 17.7 Å². The Morgan fingerprint density at radius 3 is 2.31 bits per heavy atom. The molecule has 0 radical (unpaired) electrons. The van der Waals surface area contributed by atoms with Gasteiger partial charge in [-0.2, -0.15) is 0 Å². The summed E-state index contributed by atoms with van der Waals surface area (Å²) >= 11 is 0. The van der Waals surface area contributed by atoms with Crippen molar-refractivity contribution in [3.63, 3.8) is 0 Å². The van der Waals surface area contributed by atoms with Gasteiger partial charge in [-0.05, 0) is 60.8 Å². The second-order valence-electron chi connectivity index (χ2n) is 16.6. The van der Waals surface area contributed by atoms with E-state index in [0.29, 0.717) is 37.4 Å². The first-order chi connectivity index (χ1) is 26.3. The molecule has 1 saturated carbocycles. The molecule has 0 bridgehead atoms. The predicted molar refractivity (Wildman–Crippen MR) is 214 cm³/mol. The van der Waals surface area contributed by atoms with Gasteiger partial charge < -0.3 is 26.0 Å². The summed E-state index contributed by atoms with van der Waals surface area (Å²) in [6, 6.07) is 13.6. The maximum atomic E-state index is 14.3. The summed E-state index contributed by atoms with van der Waals surface area (Å²) in [6.45, 7) is 9.94. The topological polar surface area (TPSA) is 166 Å². The minimum Gasteiger partial charge on any atom is -0.391 e. The fraction of sp³-hybridized carbons (Fsp3) is 0.545. The number of pyridine rings is 1. The van der Waals surface area contributed by atoms with Crippen molar-refractivity contribution in [2.75, 3.05) is 0 Å². The number of benzene rings is 1. The van der Waals surface area contributed by atoms with Gasteiger partial charge in [0.05, 0.1) is 30.7 Å². The van der Waals surface area contributed by atoms with Crippen molar-refractivity contribution in [2.45, 2.75) is 124 Å². The third-order valence-corrected chi connectivity index (χ3v) is 10.7. The maximum absolute atomic E-state index is 14.3. The predicted octanol–water partition coefficient (Wildman–Crippen LogP) is 6.05. The molecular formula is C44H62N6O5. The number of carbonyl (C=O) groups is 4. The van der Waals surface area contributed by atoms with Gasteiger partial charge in [0, 0.05) is 42.3 Å². The Bertz CT molecular complexity index is 1650. The Kier molecular flexibility index (Phi) is 16.8. The number of Topliss-reactive ketones (excluding diaryl/α,β-unsaturated/α-hetero) is 1. The standard InChI is InChI=1S/C44H62N6O5/c1-30(2)33(19-20-41(53)47-28-35-18-12-13-21-46-35)24-39(51)37(23-32-16-10-7-11-17-32)49-43(55)38(26-36-27-45-29-48-36)50-42(54)34(25-40(52)44(3,4)5)22-31-14-8-6-9-15-31/h6,8-9,12-15,18-21,27,29-30,32-34,37-39,51H,7,10-11,16-17,22-26,28H2,1-5H3,(H,45,48)(H,47,53)(H,49,55)(H,50,54)/b20-19+/t33-,34+,37-,38-,39-/m0/s1. The van der Waals surface area contributed by atoms with E-state index in [1.165, 1.54) is 18.8 Å². The molecule has 1 fully saturated rings. The number of carbonyl (C=O) groups excluding carboxylic acids is 4. The molecule has 11 heteroatoms. The van der Waals surface area contributed by atoms with Crippen molar-refractivity contribution < 1.29 is 24.3 Å². The van der Waals surface area contributed by atoms with Crippen LogP contribution in [0.4, 0.5) is 0 Å². The molecule has 11 nitrogen and oxygen atoms in total. The average molecular weight is 755 g/mol. The van der Waals surface area contributed by atoms with E-state index in [2.05, 4.69) is 44.7 Å². The summed E-state index contributed by atoms with van der Waals surface area (Å²) in [4.78, 5) is 65.8. The van der Waals surface area contributed by atoms with Crippen LogP contribution in [-0.2, 0) is 38.6 Å². The lowest BCUT2D eigenvalue weighted by Gasteiger charge is -2.33. The first-order valence-corrected chi connectivity index (χ1v) is 20.0. The number of nitrogens with zero attached hydrogens (tertiary/aromatic N) is 2. The second kappa shape index (κ2) is 21.5. The number of allylic oxidation sites excluding steroid dienone is 1. The number of rotatable bonds is 20. The number of H-pyrrole nitrogens is 1. The van der Waals surface area contributed by atoms with Crippen LogP contribution in [0.25, 0.3) is 0 Å². The molecule has 3 aromatic rings. The van der Waals surface area contributed by atoms with Gasteiger partial charge in [-0.25, -0.2) is 4.98 Å². The van der Waals surface area contributed by atoms with E-state index in [0.717, 1.165) is 36.9 Å². The van der Waals surface area contributed by atoms with Crippen LogP contribution >= 0.6 is 0 Å². The van der Waals surface area contributed by atoms with Crippen LogP contribution in [0.5, 0.6) is 0 Å². The smallest absolute Gasteiger partial charge is 0.243 e. The van der Waals surface area contributed by atoms with E-state index in [1.54, 1.807) is 12.4 Å². The van der Waals surface area contributed by atoms with Crippen LogP contribution in [0.1, 0.15) is 103 Å². The number of ketones is 1. The number of aromatic nitrogens is 3. The molecule has 0 saturated heterocycles. The normalized spacial score (nSPS) is 16.6. The summed E-state index contributed by atoms with van der Waals surface area (Å²) < 4.78 is 0. The van der Waals surface area contributed by atoms with Crippen LogP contribution in [0, 0.1) is 29.1 Å². The minimum absolute atomic E-state index is 0.0340. The molecule has 2 heterocycles. The first-order valence-electron chi connectivity index (χ1n) is 20.0. The van der Waals surface area contributed by atoms with Crippen molar-refractivity contribution in [3.8, 4) is 0 Å². The van der Waals surface area contributed by atoms with Crippen LogP contribution in [-0.4, -0.2) is 61.8 Å².